The van der Waals surface area contributed by atoms with Crippen LogP contribution in [0.5, 0.6) is 11.5 Å². The van der Waals surface area contributed by atoms with Crippen molar-refractivity contribution >= 4 is 0 Å². The van der Waals surface area contributed by atoms with E-state index in [-0.39, 0.29) is 37.7 Å². The molecule has 0 atom stereocenters. The lowest BCUT2D eigenvalue weighted by Crippen LogP contribution is -2.16. The largest absolute Gasteiger partial charge is 0.457 e. The van der Waals surface area contributed by atoms with Crippen molar-refractivity contribution in [3.8, 4) is 33.8 Å². The maximum atomic E-state index is 15.1. The molecule has 6 rings (SSSR count). The number of hydrogen-bond acceptors (Lipinski definition) is 3. The topological polar surface area (TPSA) is 27.7 Å². The average Bonchev–Trinajstić information content (AvgIpc) is 3.20. The summed E-state index contributed by atoms with van der Waals surface area (Å²) in [4.78, 5) is 0. The minimum Gasteiger partial charge on any atom is -0.457 e. The molecule has 3 nitrogen and oxygen atoms in total. The summed E-state index contributed by atoms with van der Waals surface area (Å²) >= 11 is 0. The lowest BCUT2D eigenvalue weighted by atomic mass is 9.97. The quantitative estimate of drug-likeness (QED) is 0.0807. The molecule has 320 valence electrons. The molecule has 0 saturated heterocycles. The molecule has 0 bridgehead atoms. The van der Waals surface area contributed by atoms with E-state index in [0.717, 1.165) is 47.9 Å². The predicted octanol–water partition coefficient (Wildman–Crippen LogP) is 14.3. The monoisotopic (exact) mass is 846 g/mol. The van der Waals surface area contributed by atoms with E-state index in [1.807, 2.05) is 74.5 Å². The van der Waals surface area contributed by atoms with Crippen LogP contribution in [0.25, 0.3) is 22.3 Å². The first-order valence-electron chi connectivity index (χ1n) is 20.1. The van der Waals surface area contributed by atoms with Gasteiger partial charge in [0.1, 0.15) is 36.3 Å². The van der Waals surface area contributed by atoms with Gasteiger partial charge in [-0.2, -0.15) is 26.3 Å². The molecule has 6 aromatic carbocycles. The predicted molar refractivity (Wildman–Crippen MR) is 222 cm³/mol. The Labute approximate surface area is 350 Å². The van der Waals surface area contributed by atoms with Crippen molar-refractivity contribution in [1.29, 1.82) is 0 Å². The summed E-state index contributed by atoms with van der Waals surface area (Å²) in [7, 11) is 0. The van der Waals surface area contributed by atoms with Crippen LogP contribution in [0.4, 0.5) is 35.1 Å². The molecule has 11 heteroatoms. The lowest BCUT2D eigenvalue weighted by Gasteiger charge is -2.18. The highest BCUT2D eigenvalue weighted by Crippen LogP contribution is 2.35. The molecule has 0 aliphatic carbocycles. The minimum atomic E-state index is -4.50. The number of aryl methyl sites for hydroxylation is 2. The summed E-state index contributed by atoms with van der Waals surface area (Å²) in [5.41, 5.74) is 7.95. The molecule has 0 fully saturated rings. The van der Waals surface area contributed by atoms with E-state index >= 15 is 8.78 Å². The molecule has 0 radical (unpaired) electrons. The molecule has 0 spiro atoms. The van der Waals surface area contributed by atoms with Gasteiger partial charge in [-0.05, 0) is 105 Å². The maximum absolute atomic E-state index is 15.1. The van der Waals surface area contributed by atoms with Gasteiger partial charge >= 0.3 is 12.4 Å². The Balaban J connectivity index is 1.29. The van der Waals surface area contributed by atoms with E-state index < -0.39 is 25.6 Å². The third-order valence-electron chi connectivity index (χ3n) is 10.0. The van der Waals surface area contributed by atoms with Gasteiger partial charge in [0.2, 0.25) is 0 Å². The third kappa shape index (κ3) is 13.2. The fourth-order valence-electron chi connectivity index (χ4n) is 7.13. The Kier molecular flexibility index (Phi) is 15.0. The van der Waals surface area contributed by atoms with Crippen molar-refractivity contribution in [3.63, 3.8) is 0 Å². The highest BCUT2D eigenvalue weighted by molar-refractivity contribution is 5.66. The lowest BCUT2D eigenvalue weighted by molar-refractivity contribution is -0.177. The van der Waals surface area contributed by atoms with Gasteiger partial charge in [-0.3, -0.25) is 0 Å². The normalized spacial score (nSPS) is 11.9. The van der Waals surface area contributed by atoms with Crippen LogP contribution in [0.15, 0.2) is 121 Å². The fraction of sp³-hybridized carbons (Fsp3) is 0.280. The zero-order valence-electron chi connectivity index (χ0n) is 33.9. The minimum absolute atomic E-state index is 0.288. The molecular formula is C50H46F8O3. The van der Waals surface area contributed by atoms with Gasteiger partial charge in [-0.25, -0.2) is 8.78 Å². The first-order chi connectivity index (χ1) is 29.2. The van der Waals surface area contributed by atoms with E-state index in [1.165, 1.54) is 0 Å². The third-order valence-corrected chi connectivity index (χ3v) is 10.0. The van der Waals surface area contributed by atoms with Gasteiger partial charge in [-0.1, -0.05) is 112 Å². The molecule has 0 unspecified atom stereocenters. The SMILES string of the molecule is CCCc1ccc(-c2ccc(Cc3cc(COCC(F)(F)F)ccc3Oc3ccc(COCC(F)(F)F)cc3Cc3ccc(-c4ccc(CCC)cc4F)cc3)cc2)c(F)c1. The van der Waals surface area contributed by atoms with Crippen LogP contribution < -0.4 is 4.74 Å². The fourth-order valence-corrected chi connectivity index (χ4v) is 7.13. The van der Waals surface area contributed by atoms with Crippen LogP contribution in [0.2, 0.25) is 0 Å². The zero-order valence-corrected chi connectivity index (χ0v) is 33.9. The Morgan fingerprint density at radius 3 is 1.13 bits per heavy atom. The summed E-state index contributed by atoms with van der Waals surface area (Å²) in [6.45, 7) is 0.617. The first kappa shape index (κ1) is 45.0. The number of alkyl halides is 6. The highest BCUT2D eigenvalue weighted by atomic mass is 19.4. The van der Waals surface area contributed by atoms with Crippen molar-refractivity contribution in [3.05, 3.63) is 177 Å². The van der Waals surface area contributed by atoms with Gasteiger partial charge < -0.3 is 14.2 Å². The van der Waals surface area contributed by atoms with Crippen molar-refractivity contribution < 1.29 is 49.3 Å². The molecule has 61 heavy (non-hydrogen) atoms. The molecule has 0 aromatic heterocycles. The Morgan fingerprint density at radius 2 is 0.787 bits per heavy atom. The van der Waals surface area contributed by atoms with Crippen molar-refractivity contribution in [2.75, 3.05) is 13.2 Å². The second-order valence-corrected chi connectivity index (χ2v) is 15.1. The van der Waals surface area contributed by atoms with Gasteiger partial charge in [0.05, 0.1) is 13.2 Å². The van der Waals surface area contributed by atoms with Crippen LogP contribution in [0, 0.1) is 11.6 Å². The summed E-state index contributed by atoms with van der Waals surface area (Å²) in [5.74, 6) is 0.134. The van der Waals surface area contributed by atoms with Crippen LogP contribution in [0.3, 0.4) is 0 Å². The van der Waals surface area contributed by atoms with E-state index in [0.29, 0.717) is 56.0 Å². The number of ether oxygens (including phenoxy) is 3. The van der Waals surface area contributed by atoms with E-state index in [4.69, 9.17) is 14.2 Å². The molecule has 0 saturated carbocycles. The Morgan fingerprint density at radius 1 is 0.426 bits per heavy atom. The second kappa shape index (κ2) is 20.4. The van der Waals surface area contributed by atoms with Gasteiger partial charge in [0.25, 0.3) is 0 Å². The average molecular weight is 847 g/mol. The molecule has 6 aromatic rings. The number of benzene rings is 6. The Hall–Kier alpha value is -5.52. The molecule has 0 aliphatic heterocycles. The molecule has 0 amide bonds. The van der Waals surface area contributed by atoms with E-state index in [2.05, 4.69) is 0 Å². The van der Waals surface area contributed by atoms with E-state index in [9.17, 15) is 26.3 Å². The van der Waals surface area contributed by atoms with Crippen molar-refractivity contribution in [2.24, 2.45) is 0 Å². The van der Waals surface area contributed by atoms with Gasteiger partial charge in [-0.15, -0.1) is 0 Å². The summed E-state index contributed by atoms with van der Waals surface area (Å²) in [5, 5.41) is 0. The van der Waals surface area contributed by atoms with Crippen LogP contribution in [-0.2, 0) is 48.4 Å². The molecule has 0 aliphatic rings. The Bertz CT molecular complexity index is 2200. The zero-order chi connectivity index (χ0) is 43.6. The van der Waals surface area contributed by atoms with Crippen LogP contribution >= 0.6 is 0 Å². The van der Waals surface area contributed by atoms with Gasteiger partial charge in [0, 0.05) is 24.0 Å². The second-order valence-electron chi connectivity index (χ2n) is 15.1. The maximum Gasteiger partial charge on any atom is 0.411 e. The summed E-state index contributed by atoms with van der Waals surface area (Å²) < 4.78 is 124. The van der Waals surface area contributed by atoms with Crippen LogP contribution in [0.1, 0.15) is 71.2 Å². The summed E-state index contributed by atoms with van der Waals surface area (Å²) in [6, 6.07) is 35.0. The standard InChI is InChI=1S/C50H46F8O3/c1-3-5-33-11-19-43(45(51)27-33)39-15-7-35(8-16-39)23-41-25-37(29-59-31-49(53,54)55)13-21-47(41)61-48-22-14-38(30-60-32-50(56,57)58)26-42(48)24-36-9-17-40(18-10-36)44-20-12-34(6-4-2)28-46(44)52/h7-22,25-28H,3-6,23-24,29-32H2,1-2H3. The highest BCUT2D eigenvalue weighted by Gasteiger charge is 2.28. The summed E-state index contributed by atoms with van der Waals surface area (Å²) in [6.07, 6.45) is -5.09. The smallest absolute Gasteiger partial charge is 0.411 e. The molecule has 0 heterocycles. The first-order valence-corrected chi connectivity index (χ1v) is 20.1. The van der Waals surface area contributed by atoms with E-state index in [1.54, 1.807) is 60.7 Å². The number of rotatable bonds is 18. The number of hydrogen-bond donors (Lipinski definition) is 0. The van der Waals surface area contributed by atoms with Crippen molar-refractivity contribution in [2.45, 2.75) is 77.9 Å². The molecular weight excluding hydrogens is 801 g/mol. The number of halogens is 8. The van der Waals surface area contributed by atoms with Gasteiger partial charge in [0.15, 0.2) is 0 Å². The van der Waals surface area contributed by atoms with Crippen LogP contribution in [-0.4, -0.2) is 25.6 Å². The van der Waals surface area contributed by atoms with Crippen molar-refractivity contribution in [1.82, 2.24) is 0 Å². The molecule has 0 N–H and O–H groups in total.